The molecule has 1 aliphatic rings. The van der Waals surface area contributed by atoms with Gasteiger partial charge in [0.05, 0.1) is 21.9 Å². The van der Waals surface area contributed by atoms with Crippen molar-refractivity contribution in [1.29, 1.82) is 0 Å². The molecule has 0 spiro atoms. The van der Waals surface area contributed by atoms with Crippen LogP contribution in [0.15, 0.2) is 24.4 Å². The number of nitrogens with zero attached hydrogens (tertiary/aromatic N) is 4. The molecule has 1 saturated heterocycles. The minimum atomic E-state index is 0.544. The first-order chi connectivity index (χ1) is 10.7. The van der Waals surface area contributed by atoms with Crippen LogP contribution in [0.1, 0.15) is 25.7 Å². The van der Waals surface area contributed by atoms with E-state index in [1.807, 2.05) is 0 Å². The molecule has 0 bridgehead atoms. The van der Waals surface area contributed by atoms with Crippen molar-refractivity contribution in [2.45, 2.75) is 25.7 Å². The summed E-state index contributed by atoms with van der Waals surface area (Å²) in [6, 6.07) is 5.36. The largest absolute Gasteiger partial charge is 0.339 e. The molecule has 0 radical (unpaired) electrons. The Hall–Kier alpha value is -1.59. The van der Waals surface area contributed by atoms with Crippen molar-refractivity contribution >= 4 is 40.7 Å². The van der Waals surface area contributed by atoms with Crippen molar-refractivity contribution in [3.63, 3.8) is 0 Å². The van der Waals surface area contributed by atoms with E-state index in [4.69, 9.17) is 23.2 Å². The summed E-state index contributed by atoms with van der Waals surface area (Å²) < 4.78 is 0. The Labute approximate surface area is 139 Å². The molecule has 1 fully saturated rings. The first kappa shape index (κ1) is 15.3. The third-order valence-electron chi connectivity index (χ3n) is 3.65. The zero-order valence-electron chi connectivity index (χ0n) is 12.1. The van der Waals surface area contributed by atoms with Crippen molar-refractivity contribution < 1.29 is 0 Å². The fraction of sp³-hybridized carbons (Fsp3) is 0.400. The number of nitrogens with one attached hydrogen (secondary N) is 1. The predicted molar refractivity (Wildman–Crippen MR) is 90.3 cm³/mol. The minimum absolute atomic E-state index is 0.544. The Bertz CT molecular complexity index is 621. The van der Waals surface area contributed by atoms with E-state index in [0.29, 0.717) is 27.5 Å². The van der Waals surface area contributed by atoms with Crippen LogP contribution in [0.3, 0.4) is 0 Å². The summed E-state index contributed by atoms with van der Waals surface area (Å²) in [5.74, 6) is 1.24. The molecule has 1 N–H and O–H groups in total. The van der Waals surface area contributed by atoms with Crippen LogP contribution in [0.4, 0.5) is 17.5 Å². The SMILES string of the molecule is Clc1cccc(Cl)c1Nc1cnnc(N2CCCCCC2)n1. The van der Waals surface area contributed by atoms with Crippen LogP contribution in [0.25, 0.3) is 0 Å². The quantitative estimate of drug-likeness (QED) is 0.904. The van der Waals surface area contributed by atoms with Gasteiger partial charge < -0.3 is 10.2 Å². The molecule has 116 valence electrons. The molecular formula is C15H17Cl2N5. The van der Waals surface area contributed by atoms with Gasteiger partial charge in [-0.2, -0.15) is 10.1 Å². The number of halogens is 2. The molecule has 0 unspecified atom stereocenters. The lowest BCUT2D eigenvalue weighted by atomic mass is 10.2. The van der Waals surface area contributed by atoms with Gasteiger partial charge in [-0.1, -0.05) is 42.1 Å². The van der Waals surface area contributed by atoms with E-state index in [1.54, 1.807) is 24.4 Å². The maximum absolute atomic E-state index is 6.17. The minimum Gasteiger partial charge on any atom is -0.339 e. The molecule has 1 aromatic carbocycles. The van der Waals surface area contributed by atoms with Gasteiger partial charge in [0.15, 0.2) is 5.82 Å². The number of para-hydroxylation sites is 1. The van der Waals surface area contributed by atoms with Crippen molar-refractivity contribution in [2.24, 2.45) is 0 Å². The number of aromatic nitrogens is 3. The number of hydrogen-bond acceptors (Lipinski definition) is 5. The molecule has 2 aromatic rings. The zero-order chi connectivity index (χ0) is 15.4. The first-order valence-corrected chi connectivity index (χ1v) is 8.15. The van der Waals surface area contributed by atoms with Gasteiger partial charge >= 0.3 is 0 Å². The summed E-state index contributed by atoms with van der Waals surface area (Å²) >= 11 is 12.3. The van der Waals surface area contributed by atoms with Crippen molar-refractivity contribution in [3.8, 4) is 0 Å². The number of rotatable bonds is 3. The second-order valence-electron chi connectivity index (χ2n) is 5.26. The van der Waals surface area contributed by atoms with Gasteiger partial charge in [-0.15, -0.1) is 5.10 Å². The Morgan fingerprint density at radius 2 is 1.68 bits per heavy atom. The summed E-state index contributed by atoms with van der Waals surface area (Å²) in [5, 5.41) is 12.4. The van der Waals surface area contributed by atoms with E-state index in [1.165, 1.54) is 12.8 Å². The average Bonchev–Trinajstić information content (AvgIpc) is 2.81. The highest BCUT2D eigenvalue weighted by molar-refractivity contribution is 6.39. The number of hydrogen-bond donors (Lipinski definition) is 1. The first-order valence-electron chi connectivity index (χ1n) is 7.40. The lowest BCUT2D eigenvalue weighted by Crippen LogP contribution is -2.26. The highest BCUT2D eigenvalue weighted by Crippen LogP contribution is 2.32. The van der Waals surface area contributed by atoms with E-state index in [0.717, 1.165) is 25.9 Å². The summed E-state index contributed by atoms with van der Waals surface area (Å²) in [6.07, 6.45) is 6.42. The second kappa shape index (κ2) is 7.11. The smallest absolute Gasteiger partial charge is 0.247 e. The van der Waals surface area contributed by atoms with Crippen molar-refractivity contribution in [3.05, 3.63) is 34.4 Å². The van der Waals surface area contributed by atoms with Crippen molar-refractivity contribution in [1.82, 2.24) is 15.2 Å². The van der Waals surface area contributed by atoms with Gasteiger partial charge in [-0.3, -0.25) is 0 Å². The molecule has 3 rings (SSSR count). The topological polar surface area (TPSA) is 53.9 Å². The van der Waals surface area contributed by atoms with Gasteiger partial charge in [-0.25, -0.2) is 0 Å². The lowest BCUT2D eigenvalue weighted by Gasteiger charge is -2.20. The van der Waals surface area contributed by atoms with Crippen LogP contribution in [0.5, 0.6) is 0 Å². The van der Waals surface area contributed by atoms with Gasteiger partial charge in [0.1, 0.15) is 0 Å². The molecule has 7 heteroatoms. The van der Waals surface area contributed by atoms with Gasteiger partial charge in [-0.05, 0) is 25.0 Å². The van der Waals surface area contributed by atoms with Crippen LogP contribution in [-0.4, -0.2) is 28.3 Å². The molecule has 22 heavy (non-hydrogen) atoms. The molecule has 0 saturated carbocycles. The maximum atomic E-state index is 6.17. The van der Waals surface area contributed by atoms with E-state index >= 15 is 0 Å². The summed E-state index contributed by atoms with van der Waals surface area (Å²) in [7, 11) is 0. The molecule has 0 atom stereocenters. The fourth-order valence-electron chi connectivity index (χ4n) is 2.50. The van der Waals surface area contributed by atoms with E-state index in [2.05, 4.69) is 25.4 Å². The third-order valence-corrected chi connectivity index (χ3v) is 4.28. The van der Waals surface area contributed by atoms with Crippen LogP contribution < -0.4 is 10.2 Å². The molecule has 0 amide bonds. The predicted octanol–water partition coefficient (Wildman–Crippen LogP) is 4.30. The van der Waals surface area contributed by atoms with Gasteiger partial charge in [0, 0.05) is 13.1 Å². The molecule has 1 aliphatic heterocycles. The van der Waals surface area contributed by atoms with Crippen LogP contribution in [0, 0.1) is 0 Å². The molecule has 0 aliphatic carbocycles. The summed E-state index contributed by atoms with van der Waals surface area (Å²) in [5.41, 5.74) is 0.633. The second-order valence-corrected chi connectivity index (χ2v) is 6.08. The Morgan fingerprint density at radius 3 is 2.36 bits per heavy atom. The van der Waals surface area contributed by atoms with E-state index in [-0.39, 0.29) is 0 Å². The fourth-order valence-corrected chi connectivity index (χ4v) is 3.00. The molecule has 1 aromatic heterocycles. The maximum Gasteiger partial charge on any atom is 0.247 e. The van der Waals surface area contributed by atoms with Crippen LogP contribution >= 0.6 is 23.2 Å². The molecule has 2 heterocycles. The molecule has 5 nitrogen and oxygen atoms in total. The summed E-state index contributed by atoms with van der Waals surface area (Å²) in [6.45, 7) is 1.94. The zero-order valence-corrected chi connectivity index (χ0v) is 13.6. The van der Waals surface area contributed by atoms with Gasteiger partial charge in [0.25, 0.3) is 0 Å². The van der Waals surface area contributed by atoms with Crippen molar-refractivity contribution in [2.75, 3.05) is 23.3 Å². The Morgan fingerprint density at radius 1 is 1.00 bits per heavy atom. The standard InChI is InChI=1S/C15H17Cl2N5/c16-11-6-5-7-12(17)14(11)19-13-10-18-21-15(20-13)22-8-3-1-2-4-9-22/h5-7,10H,1-4,8-9H2,(H,19,20,21). The lowest BCUT2D eigenvalue weighted by molar-refractivity contribution is 0.726. The number of anilines is 3. The van der Waals surface area contributed by atoms with Gasteiger partial charge in [0.2, 0.25) is 5.95 Å². The van der Waals surface area contributed by atoms with E-state index in [9.17, 15) is 0 Å². The Balaban J connectivity index is 1.82. The Kier molecular flexibility index (Phi) is 4.95. The third kappa shape index (κ3) is 3.59. The van der Waals surface area contributed by atoms with Crippen LogP contribution in [-0.2, 0) is 0 Å². The average molecular weight is 338 g/mol. The van der Waals surface area contributed by atoms with Crippen LogP contribution in [0.2, 0.25) is 10.0 Å². The normalized spacial score (nSPS) is 15.5. The summed E-state index contributed by atoms with van der Waals surface area (Å²) in [4.78, 5) is 6.72. The highest BCUT2D eigenvalue weighted by Gasteiger charge is 2.14. The molecular weight excluding hydrogens is 321 g/mol. The monoisotopic (exact) mass is 337 g/mol. The number of benzene rings is 1. The van der Waals surface area contributed by atoms with E-state index < -0.39 is 0 Å². The highest BCUT2D eigenvalue weighted by atomic mass is 35.5.